The van der Waals surface area contributed by atoms with Gasteiger partial charge in [0.1, 0.15) is 11.5 Å². The number of aryl methyl sites for hydroxylation is 1. The highest BCUT2D eigenvalue weighted by molar-refractivity contribution is 5.90. The number of nitro groups is 1. The van der Waals surface area contributed by atoms with Gasteiger partial charge >= 0.3 is 0 Å². The minimum Gasteiger partial charge on any atom is -0.456 e. The summed E-state index contributed by atoms with van der Waals surface area (Å²) < 4.78 is 5.44. The van der Waals surface area contributed by atoms with E-state index in [4.69, 9.17) is 9.62 Å². The molecule has 2 N–H and O–H groups in total. The minimum atomic E-state index is -0.700. The number of nitro benzene ring substituents is 1. The van der Waals surface area contributed by atoms with Crippen LogP contribution in [0.15, 0.2) is 40.8 Å². The van der Waals surface area contributed by atoms with Crippen molar-refractivity contribution in [2.24, 2.45) is 0 Å². The molecule has 7 heteroatoms. The van der Waals surface area contributed by atoms with E-state index in [0.29, 0.717) is 17.1 Å². The molecule has 2 aromatic rings. The van der Waals surface area contributed by atoms with E-state index in [0.717, 1.165) is 11.6 Å². The van der Waals surface area contributed by atoms with Gasteiger partial charge in [0.25, 0.3) is 11.6 Å². The molecule has 7 nitrogen and oxygen atoms in total. The van der Waals surface area contributed by atoms with Crippen LogP contribution in [0.5, 0.6) is 0 Å². The Bertz CT molecular complexity index is 718. The van der Waals surface area contributed by atoms with Crippen LogP contribution >= 0.6 is 0 Å². The second-order valence-electron chi connectivity index (χ2n) is 4.29. The summed E-state index contributed by atoms with van der Waals surface area (Å²) in [7, 11) is 0. The molecule has 0 aliphatic heterocycles. The van der Waals surface area contributed by atoms with Crippen molar-refractivity contribution >= 4 is 17.7 Å². The van der Waals surface area contributed by atoms with Crippen molar-refractivity contribution in [1.82, 2.24) is 5.48 Å². The molecular formula is C14H12N2O5. The SMILES string of the molecule is Cc1ccc(-c2ccc(/C=C/C(=O)NO)o2)c([N+](=O)[O-])c1. The Morgan fingerprint density at radius 2 is 2.14 bits per heavy atom. The van der Waals surface area contributed by atoms with Crippen molar-refractivity contribution in [3.63, 3.8) is 0 Å². The molecule has 0 saturated carbocycles. The minimum absolute atomic E-state index is 0.0482. The van der Waals surface area contributed by atoms with Crippen molar-refractivity contribution in [2.75, 3.05) is 0 Å². The molecule has 1 aromatic heterocycles. The van der Waals surface area contributed by atoms with Crippen LogP contribution in [0.4, 0.5) is 5.69 Å². The van der Waals surface area contributed by atoms with Gasteiger partial charge in [-0.3, -0.25) is 20.1 Å². The Hall–Kier alpha value is -2.93. The third-order valence-corrected chi connectivity index (χ3v) is 2.75. The van der Waals surface area contributed by atoms with Gasteiger partial charge in [-0.2, -0.15) is 0 Å². The van der Waals surface area contributed by atoms with Crippen LogP contribution in [0.1, 0.15) is 11.3 Å². The summed E-state index contributed by atoms with van der Waals surface area (Å²) in [4.78, 5) is 21.5. The summed E-state index contributed by atoms with van der Waals surface area (Å²) in [5.74, 6) is -0.0384. The molecule has 1 amide bonds. The lowest BCUT2D eigenvalue weighted by atomic mass is 10.1. The number of carbonyl (C=O) groups excluding carboxylic acids is 1. The van der Waals surface area contributed by atoms with E-state index in [1.165, 1.54) is 17.6 Å². The van der Waals surface area contributed by atoms with E-state index < -0.39 is 10.8 Å². The zero-order chi connectivity index (χ0) is 15.4. The van der Waals surface area contributed by atoms with E-state index in [2.05, 4.69) is 0 Å². The van der Waals surface area contributed by atoms with Gasteiger partial charge in [0, 0.05) is 12.1 Å². The van der Waals surface area contributed by atoms with Gasteiger partial charge in [0.05, 0.1) is 10.5 Å². The molecule has 0 radical (unpaired) electrons. The Morgan fingerprint density at radius 3 is 2.81 bits per heavy atom. The third kappa shape index (κ3) is 3.34. The highest BCUT2D eigenvalue weighted by Crippen LogP contribution is 2.32. The van der Waals surface area contributed by atoms with Gasteiger partial charge in [-0.05, 0) is 36.8 Å². The molecule has 108 valence electrons. The average Bonchev–Trinajstić information content (AvgIpc) is 2.93. The summed E-state index contributed by atoms with van der Waals surface area (Å²) in [5, 5.41) is 19.4. The molecule has 0 fully saturated rings. The molecule has 0 atom stereocenters. The first-order valence-electron chi connectivity index (χ1n) is 5.98. The van der Waals surface area contributed by atoms with Crippen LogP contribution in [0, 0.1) is 17.0 Å². The van der Waals surface area contributed by atoms with Crippen LogP contribution in [-0.2, 0) is 4.79 Å². The third-order valence-electron chi connectivity index (χ3n) is 2.75. The number of nitrogens with one attached hydrogen (secondary N) is 1. The zero-order valence-electron chi connectivity index (χ0n) is 11.1. The first-order chi connectivity index (χ1) is 10.0. The van der Waals surface area contributed by atoms with Crippen molar-refractivity contribution in [1.29, 1.82) is 0 Å². The van der Waals surface area contributed by atoms with E-state index >= 15 is 0 Å². The van der Waals surface area contributed by atoms with E-state index in [9.17, 15) is 14.9 Å². The number of hydrogen-bond acceptors (Lipinski definition) is 5. The number of carbonyl (C=O) groups is 1. The second kappa shape index (κ2) is 6.02. The van der Waals surface area contributed by atoms with Crippen molar-refractivity contribution in [3.8, 4) is 11.3 Å². The van der Waals surface area contributed by atoms with Gasteiger partial charge in [-0.15, -0.1) is 0 Å². The van der Waals surface area contributed by atoms with E-state index in [1.54, 1.807) is 31.2 Å². The Balaban J connectivity index is 2.36. The number of nitrogens with zero attached hydrogens (tertiary/aromatic N) is 1. The fraction of sp³-hybridized carbons (Fsp3) is 0.0714. The maximum Gasteiger partial charge on any atom is 0.280 e. The maximum absolute atomic E-state index is 11.1. The summed E-state index contributed by atoms with van der Waals surface area (Å²) in [5.41, 5.74) is 2.53. The lowest BCUT2D eigenvalue weighted by molar-refractivity contribution is -0.384. The van der Waals surface area contributed by atoms with Crippen molar-refractivity contribution in [3.05, 3.63) is 57.8 Å². The van der Waals surface area contributed by atoms with Gasteiger partial charge < -0.3 is 4.42 Å². The quantitative estimate of drug-likeness (QED) is 0.389. The number of amides is 1. The van der Waals surface area contributed by atoms with Gasteiger partial charge in [0.2, 0.25) is 0 Å². The van der Waals surface area contributed by atoms with Gasteiger partial charge in [-0.25, -0.2) is 5.48 Å². The molecule has 1 aromatic carbocycles. The molecule has 0 aliphatic rings. The number of rotatable bonds is 4. The number of benzene rings is 1. The van der Waals surface area contributed by atoms with Crippen molar-refractivity contribution in [2.45, 2.75) is 6.92 Å². The summed E-state index contributed by atoms with van der Waals surface area (Å²) in [6.07, 6.45) is 2.42. The first-order valence-corrected chi connectivity index (χ1v) is 5.98. The van der Waals surface area contributed by atoms with Crippen LogP contribution in [-0.4, -0.2) is 16.0 Å². The smallest absolute Gasteiger partial charge is 0.280 e. The van der Waals surface area contributed by atoms with Crippen LogP contribution < -0.4 is 5.48 Å². The number of hydroxylamine groups is 1. The van der Waals surface area contributed by atoms with Crippen LogP contribution in [0.25, 0.3) is 17.4 Å². The topological polar surface area (TPSA) is 106 Å². The van der Waals surface area contributed by atoms with Crippen LogP contribution in [0.2, 0.25) is 0 Å². The monoisotopic (exact) mass is 288 g/mol. The predicted molar refractivity (Wildman–Crippen MR) is 74.5 cm³/mol. The average molecular weight is 288 g/mol. The molecule has 0 bridgehead atoms. The summed E-state index contributed by atoms with van der Waals surface area (Å²) in [6.45, 7) is 1.76. The molecule has 21 heavy (non-hydrogen) atoms. The van der Waals surface area contributed by atoms with Crippen molar-refractivity contribution < 1.29 is 19.3 Å². The molecule has 1 heterocycles. The summed E-state index contributed by atoms with van der Waals surface area (Å²) in [6, 6.07) is 7.97. The molecular weight excluding hydrogens is 276 g/mol. The lowest BCUT2D eigenvalue weighted by Crippen LogP contribution is -2.14. The number of hydrogen-bond donors (Lipinski definition) is 2. The molecule has 0 aliphatic carbocycles. The zero-order valence-corrected chi connectivity index (χ0v) is 11.1. The molecule has 0 unspecified atom stereocenters. The Morgan fingerprint density at radius 1 is 1.38 bits per heavy atom. The first kappa shape index (κ1) is 14.5. The highest BCUT2D eigenvalue weighted by atomic mass is 16.6. The normalized spacial score (nSPS) is 10.8. The second-order valence-corrected chi connectivity index (χ2v) is 4.29. The number of furan rings is 1. The molecule has 0 spiro atoms. The van der Waals surface area contributed by atoms with Crippen LogP contribution in [0.3, 0.4) is 0 Å². The largest absolute Gasteiger partial charge is 0.456 e. The van der Waals surface area contributed by atoms with E-state index in [1.807, 2.05) is 0 Å². The Labute approximate surface area is 119 Å². The van der Waals surface area contributed by atoms with E-state index in [-0.39, 0.29) is 5.69 Å². The van der Waals surface area contributed by atoms with Gasteiger partial charge in [0.15, 0.2) is 0 Å². The standard InChI is InChI=1S/C14H12N2O5/c1-9-2-5-11(12(8-9)16(19)20)13-6-3-10(21-13)4-7-14(17)15-18/h2-8,18H,1H3,(H,15,17)/b7-4+. The van der Waals surface area contributed by atoms with Gasteiger partial charge in [-0.1, -0.05) is 6.07 Å². The lowest BCUT2D eigenvalue weighted by Gasteiger charge is -2.01. The maximum atomic E-state index is 11.1. The summed E-state index contributed by atoms with van der Waals surface area (Å²) >= 11 is 0. The molecule has 2 rings (SSSR count). The molecule has 0 saturated heterocycles. The Kier molecular flexibility index (Phi) is 4.15. The highest BCUT2D eigenvalue weighted by Gasteiger charge is 2.17. The fourth-order valence-corrected chi connectivity index (χ4v) is 1.78. The fourth-order valence-electron chi connectivity index (χ4n) is 1.78. The predicted octanol–water partition coefficient (Wildman–Crippen LogP) is 2.68.